The zero-order valence-electron chi connectivity index (χ0n) is 12.0. The summed E-state index contributed by atoms with van der Waals surface area (Å²) in [7, 11) is 0. The van der Waals surface area contributed by atoms with Crippen LogP contribution in [0.2, 0.25) is 0 Å². The Hall–Kier alpha value is -1.99. The first-order chi connectivity index (χ1) is 10.3. The number of carbonyl (C=O) groups excluding carboxylic acids is 1. The smallest absolute Gasteiger partial charge is 0.243 e. The van der Waals surface area contributed by atoms with E-state index in [2.05, 4.69) is 25.7 Å². The maximum Gasteiger partial charge on any atom is 0.243 e. The molecule has 1 aromatic carbocycles. The number of benzene rings is 1. The van der Waals surface area contributed by atoms with Gasteiger partial charge in [0.2, 0.25) is 5.91 Å². The SMILES string of the molecule is O=C(Cn1nc2ccccc2n1)NCCN1CCNCC1. The van der Waals surface area contributed by atoms with Gasteiger partial charge in [0.25, 0.3) is 0 Å². The molecule has 7 heteroatoms. The van der Waals surface area contributed by atoms with E-state index in [1.54, 1.807) is 0 Å². The fourth-order valence-electron chi connectivity index (χ4n) is 2.45. The quantitative estimate of drug-likeness (QED) is 0.772. The van der Waals surface area contributed by atoms with Crippen molar-refractivity contribution in [3.8, 4) is 0 Å². The topological polar surface area (TPSA) is 75.1 Å². The van der Waals surface area contributed by atoms with Gasteiger partial charge in [-0.1, -0.05) is 12.1 Å². The third-order valence-corrected chi connectivity index (χ3v) is 3.57. The Kier molecular flexibility index (Phi) is 4.42. The number of rotatable bonds is 5. The Morgan fingerprint density at radius 3 is 2.52 bits per heavy atom. The average Bonchev–Trinajstić information content (AvgIpc) is 2.90. The predicted molar refractivity (Wildman–Crippen MR) is 79.8 cm³/mol. The van der Waals surface area contributed by atoms with Crippen molar-refractivity contribution in [2.45, 2.75) is 6.54 Å². The van der Waals surface area contributed by atoms with Crippen LogP contribution in [-0.4, -0.2) is 65.1 Å². The summed E-state index contributed by atoms with van der Waals surface area (Å²) in [6.07, 6.45) is 0. The van der Waals surface area contributed by atoms with E-state index in [0.29, 0.717) is 6.54 Å². The summed E-state index contributed by atoms with van der Waals surface area (Å²) >= 11 is 0. The van der Waals surface area contributed by atoms with Gasteiger partial charge < -0.3 is 10.6 Å². The van der Waals surface area contributed by atoms with Gasteiger partial charge >= 0.3 is 0 Å². The van der Waals surface area contributed by atoms with Gasteiger partial charge in [0.05, 0.1) is 0 Å². The number of hydrogen-bond donors (Lipinski definition) is 2. The molecule has 2 heterocycles. The molecule has 7 nitrogen and oxygen atoms in total. The van der Waals surface area contributed by atoms with Crippen molar-refractivity contribution in [3.05, 3.63) is 24.3 Å². The molecule has 1 amide bonds. The summed E-state index contributed by atoms with van der Waals surface area (Å²) in [5.41, 5.74) is 1.62. The van der Waals surface area contributed by atoms with Crippen molar-refractivity contribution >= 4 is 16.9 Å². The van der Waals surface area contributed by atoms with Gasteiger partial charge in [-0.05, 0) is 12.1 Å². The number of piperazine rings is 1. The third kappa shape index (κ3) is 3.77. The summed E-state index contributed by atoms with van der Waals surface area (Å²) in [5.74, 6) is -0.0505. The molecule has 2 aromatic rings. The first kappa shape index (κ1) is 14.0. The minimum Gasteiger partial charge on any atom is -0.353 e. The molecule has 0 radical (unpaired) electrons. The van der Waals surface area contributed by atoms with Gasteiger partial charge in [-0.15, -0.1) is 0 Å². The van der Waals surface area contributed by atoms with Crippen molar-refractivity contribution in [1.29, 1.82) is 0 Å². The Balaban J connectivity index is 1.45. The monoisotopic (exact) mass is 288 g/mol. The molecule has 3 rings (SSSR count). The molecule has 1 aromatic heterocycles. The van der Waals surface area contributed by atoms with Crippen molar-refractivity contribution < 1.29 is 4.79 Å². The van der Waals surface area contributed by atoms with Gasteiger partial charge in [-0.3, -0.25) is 9.69 Å². The van der Waals surface area contributed by atoms with Gasteiger partial charge in [0.1, 0.15) is 17.6 Å². The van der Waals surface area contributed by atoms with Crippen LogP contribution in [0, 0.1) is 0 Å². The lowest BCUT2D eigenvalue weighted by molar-refractivity contribution is -0.122. The predicted octanol–water partition coefficient (Wildman–Crippen LogP) is -0.547. The number of carbonyl (C=O) groups is 1. The van der Waals surface area contributed by atoms with Crippen molar-refractivity contribution in [2.24, 2.45) is 0 Å². The summed E-state index contributed by atoms with van der Waals surface area (Å²) < 4.78 is 0. The number of hydrogen-bond acceptors (Lipinski definition) is 5. The third-order valence-electron chi connectivity index (χ3n) is 3.57. The lowest BCUT2D eigenvalue weighted by atomic mass is 10.3. The van der Waals surface area contributed by atoms with Crippen LogP contribution in [0.3, 0.4) is 0 Å². The van der Waals surface area contributed by atoms with E-state index in [-0.39, 0.29) is 12.5 Å². The van der Waals surface area contributed by atoms with Crippen LogP contribution in [0.25, 0.3) is 11.0 Å². The summed E-state index contributed by atoms with van der Waals surface area (Å²) in [5, 5.41) is 14.8. The van der Waals surface area contributed by atoms with E-state index in [1.807, 2.05) is 24.3 Å². The molecular weight excluding hydrogens is 268 g/mol. The second-order valence-electron chi connectivity index (χ2n) is 5.16. The molecule has 0 bridgehead atoms. The molecule has 1 saturated heterocycles. The first-order valence-corrected chi connectivity index (χ1v) is 7.31. The van der Waals surface area contributed by atoms with Gasteiger partial charge in [-0.2, -0.15) is 15.0 Å². The van der Waals surface area contributed by atoms with E-state index in [0.717, 1.165) is 43.8 Å². The number of fused-ring (bicyclic) bond motifs is 1. The molecule has 0 atom stereocenters. The van der Waals surface area contributed by atoms with Crippen molar-refractivity contribution in [1.82, 2.24) is 30.5 Å². The second-order valence-corrected chi connectivity index (χ2v) is 5.16. The summed E-state index contributed by atoms with van der Waals surface area (Å²) in [6.45, 7) is 5.86. The highest BCUT2D eigenvalue weighted by molar-refractivity contribution is 5.77. The lowest BCUT2D eigenvalue weighted by Crippen LogP contribution is -2.46. The summed E-state index contributed by atoms with van der Waals surface area (Å²) in [4.78, 5) is 15.7. The highest BCUT2D eigenvalue weighted by atomic mass is 16.2. The first-order valence-electron chi connectivity index (χ1n) is 7.31. The lowest BCUT2D eigenvalue weighted by Gasteiger charge is -2.27. The minimum atomic E-state index is -0.0505. The molecule has 0 unspecified atom stereocenters. The van der Waals surface area contributed by atoms with Crippen LogP contribution >= 0.6 is 0 Å². The molecule has 0 saturated carbocycles. The average molecular weight is 288 g/mol. The zero-order valence-corrected chi connectivity index (χ0v) is 12.0. The minimum absolute atomic E-state index is 0.0505. The fraction of sp³-hybridized carbons (Fsp3) is 0.500. The van der Waals surface area contributed by atoms with E-state index in [1.165, 1.54) is 4.80 Å². The number of amides is 1. The maximum absolute atomic E-state index is 11.9. The Morgan fingerprint density at radius 1 is 1.19 bits per heavy atom. The van der Waals surface area contributed by atoms with Crippen LogP contribution in [0.4, 0.5) is 0 Å². The second kappa shape index (κ2) is 6.64. The van der Waals surface area contributed by atoms with E-state index in [9.17, 15) is 4.79 Å². The standard InChI is InChI=1S/C14H20N6O/c21-14(16-7-10-19-8-5-15-6-9-19)11-20-17-12-3-1-2-4-13(12)18-20/h1-4,15H,5-11H2,(H,16,21). The molecular formula is C14H20N6O. The van der Waals surface area contributed by atoms with Gasteiger partial charge in [-0.25, -0.2) is 0 Å². The Bertz CT molecular complexity index is 571. The highest BCUT2D eigenvalue weighted by Gasteiger charge is 2.10. The fourth-order valence-corrected chi connectivity index (χ4v) is 2.45. The normalized spacial score (nSPS) is 16.2. The molecule has 0 spiro atoms. The molecule has 21 heavy (non-hydrogen) atoms. The molecule has 1 fully saturated rings. The van der Waals surface area contributed by atoms with Crippen molar-refractivity contribution in [2.75, 3.05) is 39.3 Å². The van der Waals surface area contributed by atoms with Crippen LogP contribution in [0.5, 0.6) is 0 Å². The van der Waals surface area contributed by atoms with E-state index in [4.69, 9.17) is 0 Å². The molecule has 0 aliphatic carbocycles. The van der Waals surface area contributed by atoms with E-state index >= 15 is 0 Å². The van der Waals surface area contributed by atoms with E-state index < -0.39 is 0 Å². The van der Waals surface area contributed by atoms with Crippen molar-refractivity contribution in [3.63, 3.8) is 0 Å². The van der Waals surface area contributed by atoms with Crippen LogP contribution in [-0.2, 0) is 11.3 Å². The molecule has 2 N–H and O–H groups in total. The molecule has 1 aliphatic heterocycles. The molecule has 112 valence electrons. The summed E-state index contributed by atoms with van der Waals surface area (Å²) in [6, 6.07) is 7.60. The number of nitrogens with zero attached hydrogens (tertiary/aromatic N) is 4. The Morgan fingerprint density at radius 2 is 1.86 bits per heavy atom. The van der Waals surface area contributed by atoms with Crippen LogP contribution < -0.4 is 10.6 Å². The Labute approximate surface area is 123 Å². The molecule has 1 aliphatic rings. The number of nitrogens with one attached hydrogen (secondary N) is 2. The van der Waals surface area contributed by atoms with Gasteiger partial charge in [0.15, 0.2) is 0 Å². The number of aromatic nitrogens is 3. The highest BCUT2D eigenvalue weighted by Crippen LogP contribution is 2.06. The largest absolute Gasteiger partial charge is 0.353 e. The zero-order chi connectivity index (χ0) is 14.5. The van der Waals surface area contributed by atoms with Crippen LogP contribution in [0.1, 0.15) is 0 Å². The van der Waals surface area contributed by atoms with Crippen LogP contribution in [0.15, 0.2) is 24.3 Å². The maximum atomic E-state index is 11.9. The van der Waals surface area contributed by atoms with Gasteiger partial charge in [0, 0.05) is 39.3 Å².